The lowest BCUT2D eigenvalue weighted by Crippen LogP contribution is -2.40. The first kappa shape index (κ1) is 15.9. The van der Waals surface area contributed by atoms with Crippen molar-refractivity contribution in [1.82, 2.24) is 9.96 Å². The van der Waals surface area contributed by atoms with Crippen LogP contribution in [-0.4, -0.2) is 67.5 Å². The zero-order valence-electron chi connectivity index (χ0n) is 12.1. The molecule has 2 saturated heterocycles. The van der Waals surface area contributed by atoms with Crippen molar-refractivity contribution in [3.63, 3.8) is 0 Å². The van der Waals surface area contributed by atoms with Gasteiger partial charge in [0.05, 0.1) is 20.3 Å². The summed E-state index contributed by atoms with van der Waals surface area (Å²) in [5.41, 5.74) is -0.980. The molecule has 7 heteroatoms. The molecule has 19 heavy (non-hydrogen) atoms. The van der Waals surface area contributed by atoms with E-state index >= 15 is 0 Å². The highest BCUT2D eigenvalue weighted by Crippen LogP contribution is 2.39. The predicted molar refractivity (Wildman–Crippen MR) is 66.9 cm³/mol. The molecule has 0 spiro atoms. The number of ether oxygens (including phenoxy) is 2. The number of morpholine rings is 1. The third-order valence-corrected chi connectivity index (χ3v) is 2.81. The summed E-state index contributed by atoms with van der Waals surface area (Å²) >= 11 is 0. The normalized spacial score (nSPS) is 27.7. The van der Waals surface area contributed by atoms with Crippen molar-refractivity contribution < 1.29 is 23.9 Å². The molecule has 2 atom stereocenters. The molecular weight excluding hydrogens is 252 g/mol. The van der Waals surface area contributed by atoms with Crippen LogP contribution in [0.3, 0.4) is 0 Å². The van der Waals surface area contributed by atoms with Crippen molar-refractivity contribution in [2.45, 2.75) is 32.1 Å². The standard InChI is InChI=1S/C7H12N2O3.C5H10O2/c1-8(11-2)6(10)7-5-9(7)3-4-12-7;1-5(2,3)7-4-6/h3-5H2,1-2H3;4H,1-3H3. The summed E-state index contributed by atoms with van der Waals surface area (Å²) in [6, 6.07) is 0. The average molecular weight is 274 g/mol. The smallest absolute Gasteiger partial charge is 0.294 e. The van der Waals surface area contributed by atoms with Crippen LogP contribution in [0, 0.1) is 0 Å². The van der Waals surface area contributed by atoms with Crippen LogP contribution < -0.4 is 0 Å². The van der Waals surface area contributed by atoms with E-state index in [1.165, 1.54) is 12.2 Å². The van der Waals surface area contributed by atoms with Crippen molar-refractivity contribution in [1.29, 1.82) is 0 Å². The summed E-state index contributed by atoms with van der Waals surface area (Å²) in [5.74, 6) is -0.109. The Kier molecular flexibility index (Phi) is 4.89. The molecule has 0 aliphatic carbocycles. The quantitative estimate of drug-likeness (QED) is 0.410. The van der Waals surface area contributed by atoms with Gasteiger partial charge < -0.3 is 9.47 Å². The van der Waals surface area contributed by atoms with Crippen molar-refractivity contribution >= 4 is 12.4 Å². The van der Waals surface area contributed by atoms with Gasteiger partial charge in [0.15, 0.2) is 0 Å². The first-order valence-electron chi connectivity index (χ1n) is 6.09. The molecule has 0 aromatic heterocycles. The van der Waals surface area contributed by atoms with Gasteiger partial charge in [-0.15, -0.1) is 0 Å². The molecule has 2 rings (SSSR count). The molecule has 2 aliphatic rings. The van der Waals surface area contributed by atoms with Crippen molar-refractivity contribution in [3.05, 3.63) is 0 Å². The van der Waals surface area contributed by atoms with Crippen molar-refractivity contribution in [2.75, 3.05) is 33.9 Å². The van der Waals surface area contributed by atoms with Crippen LogP contribution in [0.1, 0.15) is 20.8 Å². The Morgan fingerprint density at radius 2 is 2.11 bits per heavy atom. The zero-order valence-corrected chi connectivity index (χ0v) is 12.1. The van der Waals surface area contributed by atoms with Gasteiger partial charge in [0, 0.05) is 13.6 Å². The van der Waals surface area contributed by atoms with Gasteiger partial charge in [-0.2, -0.15) is 0 Å². The van der Waals surface area contributed by atoms with Gasteiger partial charge in [-0.25, -0.2) is 5.06 Å². The number of rotatable bonds is 3. The minimum Gasteiger partial charge on any atom is -0.462 e. The third kappa shape index (κ3) is 3.89. The molecular formula is C12H22N2O5. The van der Waals surface area contributed by atoms with Crippen LogP contribution in [0.25, 0.3) is 0 Å². The van der Waals surface area contributed by atoms with Crippen LogP contribution in [-0.2, 0) is 23.9 Å². The summed E-state index contributed by atoms with van der Waals surface area (Å²) in [5, 5.41) is 1.21. The molecule has 1 amide bonds. The molecule has 2 unspecified atom stereocenters. The van der Waals surface area contributed by atoms with E-state index in [4.69, 9.17) is 9.57 Å². The van der Waals surface area contributed by atoms with Crippen LogP contribution >= 0.6 is 0 Å². The summed E-state index contributed by atoms with van der Waals surface area (Å²) < 4.78 is 9.90. The summed E-state index contributed by atoms with van der Waals surface area (Å²) in [6.45, 7) is 8.12. The fourth-order valence-electron chi connectivity index (χ4n) is 1.68. The Morgan fingerprint density at radius 3 is 2.37 bits per heavy atom. The molecule has 2 aliphatic heterocycles. The lowest BCUT2D eigenvalue weighted by molar-refractivity contribution is -0.183. The molecule has 2 fully saturated rings. The van der Waals surface area contributed by atoms with Gasteiger partial charge in [-0.3, -0.25) is 19.3 Å². The number of amides is 1. The Bertz CT molecular complexity index is 342. The Hall–Kier alpha value is -1.18. The second-order valence-electron chi connectivity index (χ2n) is 5.37. The molecule has 0 aromatic carbocycles. The number of fused-ring (bicyclic) bond motifs is 1. The molecule has 0 saturated carbocycles. The van der Waals surface area contributed by atoms with E-state index < -0.39 is 5.72 Å². The maximum Gasteiger partial charge on any atom is 0.294 e. The van der Waals surface area contributed by atoms with Crippen LogP contribution in [0.2, 0.25) is 0 Å². The molecule has 2 heterocycles. The van der Waals surface area contributed by atoms with Gasteiger partial charge in [0.1, 0.15) is 5.60 Å². The predicted octanol–water partition coefficient (Wildman–Crippen LogP) is 0.00620. The Balaban J connectivity index is 0.000000224. The van der Waals surface area contributed by atoms with E-state index in [9.17, 15) is 9.59 Å². The van der Waals surface area contributed by atoms with E-state index in [0.717, 1.165) is 6.54 Å². The summed E-state index contributed by atoms with van der Waals surface area (Å²) in [6.07, 6.45) is 0. The number of hydrogen-bond acceptors (Lipinski definition) is 6. The molecule has 7 nitrogen and oxygen atoms in total. The molecule has 0 radical (unpaired) electrons. The average Bonchev–Trinajstić information content (AvgIpc) is 2.89. The second kappa shape index (κ2) is 5.85. The Labute approximate surface area is 113 Å². The largest absolute Gasteiger partial charge is 0.462 e. The number of nitrogens with zero attached hydrogens (tertiary/aromatic N) is 2. The molecule has 110 valence electrons. The molecule has 0 N–H and O–H groups in total. The fourth-order valence-corrected chi connectivity index (χ4v) is 1.68. The lowest BCUT2D eigenvalue weighted by Gasteiger charge is -2.18. The lowest BCUT2D eigenvalue weighted by atomic mass is 10.2. The van der Waals surface area contributed by atoms with E-state index in [1.807, 2.05) is 25.7 Å². The van der Waals surface area contributed by atoms with Crippen LogP contribution in [0.5, 0.6) is 0 Å². The van der Waals surface area contributed by atoms with Crippen molar-refractivity contribution in [3.8, 4) is 0 Å². The fraction of sp³-hybridized carbons (Fsp3) is 0.833. The van der Waals surface area contributed by atoms with Gasteiger partial charge >= 0.3 is 0 Å². The number of hydroxylamine groups is 2. The zero-order chi connectivity index (χ0) is 14.7. The van der Waals surface area contributed by atoms with Crippen LogP contribution in [0.15, 0.2) is 0 Å². The first-order valence-corrected chi connectivity index (χ1v) is 6.09. The van der Waals surface area contributed by atoms with Gasteiger partial charge in [-0.05, 0) is 20.8 Å². The third-order valence-electron chi connectivity index (χ3n) is 2.81. The minimum atomic E-state index is -0.662. The number of carbonyl (C=O) groups excluding carboxylic acids is 2. The highest BCUT2D eigenvalue weighted by molar-refractivity contribution is 5.87. The van der Waals surface area contributed by atoms with Gasteiger partial charge in [0.25, 0.3) is 12.4 Å². The molecule has 0 bridgehead atoms. The topological polar surface area (TPSA) is 68.1 Å². The van der Waals surface area contributed by atoms with Crippen LogP contribution in [0.4, 0.5) is 0 Å². The Morgan fingerprint density at radius 1 is 1.47 bits per heavy atom. The summed E-state index contributed by atoms with van der Waals surface area (Å²) in [4.78, 5) is 28.0. The summed E-state index contributed by atoms with van der Waals surface area (Å²) in [7, 11) is 3.06. The van der Waals surface area contributed by atoms with E-state index in [0.29, 0.717) is 19.6 Å². The highest BCUT2D eigenvalue weighted by atomic mass is 16.7. The monoisotopic (exact) mass is 274 g/mol. The number of likely N-dealkylation sites (N-methyl/N-ethyl adjacent to an activating group) is 1. The van der Waals surface area contributed by atoms with E-state index in [2.05, 4.69) is 4.74 Å². The second-order valence-corrected chi connectivity index (χ2v) is 5.37. The number of carbonyl (C=O) groups is 2. The maximum atomic E-state index is 11.6. The SMILES string of the molecule is CC(C)(C)OC=O.CON(C)C(=O)C12CN1CCO2. The highest BCUT2D eigenvalue weighted by Gasteiger charge is 2.64. The van der Waals surface area contributed by atoms with Gasteiger partial charge in [0.2, 0.25) is 5.72 Å². The van der Waals surface area contributed by atoms with Gasteiger partial charge in [-0.1, -0.05) is 0 Å². The van der Waals surface area contributed by atoms with Crippen molar-refractivity contribution in [2.24, 2.45) is 0 Å². The van der Waals surface area contributed by atoms with E-state index in [1.54, 1.807) is 7.05 Å². The first-order chi connectivity index (χ1) is 8.77. The number of hydrogen-bond donors (Lipinski definition) is 0. The van der Waals surface area contributed by atoms with E-state index in [-0.39, 0.29) is 11.5 Å². The molecule has 0 aromatic rings. The maximum absolute atomic E-state index is 11.6. The minimum absolute atomic E-state index is 0.109.